The van der Waals surface area contributed by atoms with E-state index in [1.165, 1.54) is 4.31 Å². The second-order valence-electron chi connectivity index (χ2n) is 7.48. The van der Waals surface area contributed by atoms with Gasteiger partial charge in [-0.2, -0.15) is 9.40 Å². The topological polar surface area (TPSA) is 84.3 Å². The molecule has 0 aliphatic carbocycles. The molecule has 1 fully saturated rings. The molecule has 1 saturated heterocycles. The van der Waals surface area contributed by atoms with Crippen LogP contribution in [0, 0.1) is 5.92 Å². The predicted octanol–water partition coefficient (Wildman–Crippen LogP) is 3.62. The summed E-state index contributed by atoms with van der Waals surface area (Å²) in [6.07, 6.45) is 2.59. The van der Waals surface area contributed by atoms with Crippen molar-refractivity contribution >= 4 is 33.3 Å². The van der Waals surface area contributed by atoms with Gasteiger partial charge >= 0.3 is 0 Å². The molecule has 2 heterocycles. The van der Waals surface area contributed by atoms with E-state index in [-0.39, 0.29) is 16.7 Å². The zero-order chi connectivity index (χ0) is 21.8. The van der Waals surface area contributed by atoms with E-state index in [1.54, 1.807) is 47.3 Å². The molecule has 0 bridgehead atoms. The zero-order valence-electron chi connectivity index (χ0n) is 16.8. The van der Waals surface area contributed by atoms with E-state index in [4.69, 9.17) is 11.6 Å². The average molecular weight is 459 g/mol. The summed E-state index contributed by atoms with van der Waals surface area (Å²) < 4.78 is 28.7. The van der Waals surface area contributed by atoms with Gasteiger partial charge in [-0.3, -0.25) is 4.79 Å². The van der Waals surface area contributed by atoms with Crippen molar-refractivity contribution in [3.05, 3.63) is 77.4 Å². The molecule has 7 nitrogen and oxygen atoms in total. The first kappa shape index (κ1) is 21.5. The lowest BCUT2D eigenvalue weighted by Gasteiger charge is -2.30. The molecule has 162 valence electrons. The molecule has 1 N–H and O–H groups in total. The van der Waals surface area contributed by atoms with E-state index < -0.39 is 10.0 Å². The number of piperidine rings is 1. The highest BCUT2D eigenvalue weighted by Gasteiger charge is 2.32. The molecular weight excluding hydrogens is 436 g/mol. The molecule has 31 heavy (non-hydrogen) atoms. The fourth-order valence-electron chi connectivity index (χ4n) is 3.66. The van der Waals surface area contributed by atoms with E-state index >= 15 is 0 Å². The number of benzene rings is 2. The van der Waals surface area contributed by atoms with Crippen LogP contribution in [0.3, 0.4) is 0 Å². The number of aromatic nitrogens is 2. The summed E-state index contributed by atoms with van der Waals surface area (Å²) >= 11 is 5.93. The minimum Gasteiger partial charge on any atom is -0.311 e. The van der Waals surface area contributed by atoms with Crippen LogP contribution in [0.25, 0.3) is 0 Å². The third kappa shape index (κ3) is 4.98. The lowest BCUT2D eigenvalue weighted by molar-refractivity contribution is -0.121. The Morgan fingerprint density at radius 2 is 1.71 bits per heavy atom. The second-order valence-corrected chi connectivity index (χ2v) is 9.86. The second kappa shape index (κ2) is 9.21. The van der Waals surface area contributed by atoms with Crippen molar-refractivity contribution in [1.29, 1.82) is 0 Å². The van der Waals surface area contributed by atoms with E-state index in [9.17, 15) is 13.2 Å². The standard InChI is InChI=1S/C22H23ClN4O3S/c23-19-8-6-17(7-9-19)16-27-21(10-13-24-27)25-22(28)18-11-14-26(15-12-18)31(29,30)20-4-2-1-3-5-20/h1-10,13,18H,11-12,14-16H2,(H,25,28). The lowest BCUT2D eigenvalue weighted by atomic mass is 9.97. The molecule has 0 saturated carbocycles. The van der Waals surface area contributed by atoms with Crippen LogP contribution >= 0.6 is 11.6 Å². The van der Waals surface area contributed by atoms with Crippen LogP contribution < -0.4 is 5.32 Å². The number of hydrogen-bond acceptors (Lipinski definition) is 4. The largest absolute Gasteiger partial charge is 0.311 e. The lowest BCUT2D eigenvalue weighted by Crippen LogP contribution is -2.41. The van der Waals surface area contributed by atoms with Gasteiger partial charge in [-0.1, -0.05) is 41.9 Å². The number of hydrogen-bond donors (Lipinski definition) is 1. The van der Waals surface area contributed by atoms with Crippen molar-refractivity contribution in [2.45, 2.75) is 24.3 Å². The molecule has 0 radical (unpaired) electrons. The highest BCUT2D eigenvalue weighted by Crippen LogP contribution is 2.25. The minimum atomic E-state index is -3.53. The van der Waals surface area contributed by atoms with Gasteiger partial charge in [-0.25, -0.2) is 13.1 Å². The van der Waals surface area contributed by atoms with Crippen molar-refractivity contribution in [3.63, 3.8) is 0 Å². The van der Waals surface area contributed by atoms with Crippen molar-refractivity contribution < 1.29 is 13.2 Å². The fourth-order valence-corrected chi connectivity index (χ4v) is 5.27. The molecule has 1 aliphatic rings. The van der Waals surface area contributed by atoms with Crippen molar-refractivity contribution in [1.82, 2.24) is 14.1 Å². The predicted molar refractivity (Wildman–Crippen MR) is 119 cm³/mol. The summed E-state index contributed by atoms with van der Waals surface area (Å²) in [6, 6.07) is 17.6. The molecule has 0 unspecified atom stereocenters. The first-order valence-electron chi connectivity index (χ1n) is 10.1. The number of rotatable bonds is 6. The third-order valence-corrected chi connectivity index (χ3v) is 7.58. The van der Waals surface area contributed by atoms with Gasteiger partial charge in [0.1, 0.15) is 5.82 Å². The number of carbonyl (C=O) groups is 1. The van der Waals surface area contributed by atoms with Crippen LogP contribution in [0.4, 0.5) is 5.82 Å². The highest BCUT2D eigenvalue weighted by molar-refractivity contribution is 7.89. The number of carbonyl (C=O) groups excluding carboxylic acids is 1. The van der Waals surface area contributed by atoms with Gasteiger partial charge in [0, 0.05) is 30.1 Å². The average Bonchev–Trinajstić information content (AvgIpc) is 3.22. The van der Waals surface area contributed by atoms with Crippen LogP contribution in [-0.2, 0) is 21.4 Å². The van der Waals surface area contributed by atoms with Crippen LogP contribution in [-0.4, -0.2) is 41.5 Å². The van der Waals surface area contributed by atoms with Gasteiger partial charge < -0.3 is 5.32 Å². The summed E-state index contributed by atoms with van der Waals surface area (Å²) in [6.45, 7) is 1.15. The Bertz CT molecular complexity index is 1140. The van der Waals surface area contributed by atoms with E-state index in [0.29, 0.717) is 43.3 Å². The normalized spacial score (nSPS) is 15.6. The fraction of sp³-hybridized carbons (Fsp3) is 0.273. The van der Waals surface area contributed by atoms with E-state index in [2.05, 4.69) is 10.4 Å². The first-order chi connectivity index (χ1) is 14.9. The van der Waals surface area contributed by atoms with Gasteiger partial charge in [-0.15, -0.1) is 0 Å². The van der Waals surface area contributed by atoms with Crippen LogP contribution in [0.2, 0.25) is 5.02 Å². The molecule has 2 aromatic carbocycles. The van der Waals surface area contributed by atoms with Crippen molar-refractivity contribution in [2.75, 3.05) is 18.4 Å². The maximum absolute atomic E-state index is 12.8. The van der Waals surface area contributed by atoms with Gasteiger partial charge in [0.2, 0.25) is 15.9 Å². The Labute approximate surface area is 186 Å². The van der Waals surface area contributed by atoms with E-state index in [0.717, 1.165) is 5.56 Å². The van der Waals surface area contributed by atoms with Crippen molar-refractivity contribution in [2.24, 2.45) is 5.92 Å². The zero-order valence-corrected chi connectivity index (χ0v) is 18.4. The summed E-state index contributed by atoms with van der Waals surface area (Å²) in [5.74, 6) is 0.245. The Balaban J connectivity index is 1.36. The van der Waals surface area contributed by atoms with Crippen LogP contribution in [0.5, 0.6) is 0 Å². The Morgan fingerprint density at radius 1 is 1.03 bits per heavy atom. The summed E-state index contributed by atoms with van der Waals surface area (Å²) in [5.41, 5.74) is 1.02. The van der Waals surface area contributed by atoms with Crippen LogP contribution in [0.1, 0.15) is 18.4 Å². The first-order valence-corrected chi connectivity index (χ1v) is 11.9. The molecular formula is C22H23ClN4O3S. The number of sulfonamides is 1. The molecule has 3 aromatic rings. The smallest absolute Gasteiger partial charge is 0.243 e. The number of nitrogens with one attached hydrogen (secondary N) is 1. The minimum absolute atomic E-state index is 0.116. The molecule has 1 aliphatic heterocycles. The summed E-state index contributed by atoms with van der Waals surface area (Å²) in [7, 11) is -3.53. The maximum atomic E-state index is 12.8. The van der Waals surface area contributed by atoms with Gasteiger partial charge in [0.15, 0.2) is 0 Å². The van der Waals surface area contributed by atoms with Crippen molar-refractivity contribution in [3.8, 4) is 0 Å². The Morgan fingerprint density at radius 3 is 2.39 bits per heavy atom. The molecule has 0 spiro atoms. The molecule has 1 aromatic heterocycles. The summed E-state index contributed by atoms with van der Waals surface area (Å²) in [4.78, 5) is 13.1. The molecule has 0 atom stereocenters. The summed E-state index contributed by atoms with van der Waals surface area (Å²) in [5, 5.41) is 7.90. The highest BCUT2D eigenvalue weighted by atomic mass is 35.5. The Hall–Kier alpha value is -2.68. The third-order valence-electron chi connectivity index (χ3n) is 5.42. The maximum Gasteiger partial charge on any atom is 0.243 e. The number of anilines is 1. The van der Waals surface area contributed by atoms with Crippen LogP contribution in [0.15, 0.2) is 71.8 Å². The molecule has 4 rings (SSSR count). The SMILES string of the molecule is O=C(Nc1ccnn1Cc1ccc(Cl)cc1)C1CCN(S(=O)(=O)c2ccccc2)CC1. The monoisotopic (exact) mass is 458 g/mol. The van der Waals surface area contributed by atoms with Gasteiger partial charge in [0.25, 0.3) is 0 Å². The number of nitrogens with zero attached hydrogens (tertiary/aromatic N) is 3. The quantitative estimate of drug-likeness (QED) is 0.611. The Kier molecular flexibility index (Phi) is 6.41. The van der Waals surface area contributed by atoms with E-state index in [1.807, 2.05) is 24.3 Å². The van der Waals surface area contributed by atoms with Gasteiger partial charge in [0.05, 0.1) is 17.6 Å². The van der Waals surface area contributed by atoms with Gasteiger partial charge in [-0.05, 0) is 42.7 Å². The molecule has 9 heteroatoms. The number of amides is 1. The molecule has 1 amide bonds. The number of halogens is 1.